The summed E-state index contributed by atoms with van der Waals surface area (Å²) in [6.45, 7) is 0. The van der Waals surface area contributed by atoms with Crippen molar-refractivity contribution in [3.05, 3.63) is 168 Å². The van der Waals surface area contributed by atoms with E-state index < -0.39 is 0 Å². The van der Waals surface area contributed by atoms with Crippen LogP contribution in [0.2, 0.25) is 0 Å². The standard InChI is InChI=1S/C44H29N3O2/c1-47-43(28-12-3-2-4-13-28)45-42(46-44(47)31-21-22-34-33-15-7-9-17-37(33)48-39(34)26-31)36-24-23-32(30-20-19-27-11-5-6-14-29(27)25-30)41-40(36)35-16-8-10-18-38(35)49-41/h2-26,44H,1H3. The number of nitrogens with zero attached hydrogens (tertiary/aromatic N) is 3. The molecule has 5 nitrogen and oxygen atoms in total. The second-order valence-electron chi connectivity index (χ2n) is 12.6. The Labute approximate surface area is 282 Å². The first kappa shape index (κ1) is 27.6. The minimum absolute atomic E-state index is 0.339. The Balaban J connectivity index is 1.20. The Kier molecular flexibility index (Phi) is 6.09. The van der Waals surface area contributed by atoms with E-state index in [1.54, 1.807) is 0 Å². The van der Waals surface area contributed by atoms with Crippen LogP contribution in [0.15, 0.2) is 170 Å². The molecule has 5 heteroatoms. The average Bonchev–Trinajstić information content (AvgIpc) is 3.73. The Morgan fingerprint density at radius 1 is 0.531 bits per heavy atom. The molecule has 1 atom stereocenters. The largest absolute Gasteiger partial charge is 0.456 e. The first-order valence-corrected chi connectivity index (χ1v) is 16.5. The molecule has 0 fully saturated rings. The van der Waals surface area contributed by atoms with Crippen LogP contribution >= 0.6 is 0 Å². The summed E-state index contributed by atoms with van der Waals surface area (Å²) < 4.78 is 13.0. The van der Waals surface area contributed by atoms with Crippen molar-refractivity contribution in [1.29, 1.82) is 0 Å². The van der Waals surface area contributed by atoms with Crippen LogP contribution < -0.4 is 0 Å². The van der Waals surface area contributed by atoms with Gasteiger partial charge >= 0.3 is 0 Å². The van der Waals surface area contributed by atoms with Crippen molar-refractivity contribution >= 4 is 66.3 Å². The summed E-state index contributed by atoms with van der Waals surface area (Å²) in [6, 6.07) is 52.5. The molecule has 0 bridgehead atoms. The van der Waals surface area contributed by atoms with E-state index in [4.69, 9.17) is 18.8 Å². The van der Waals surface area contributed by atoms with E-state index in [-0.39, 0.29) is 6.17 Å². The molecule has 0 N–H and O–H groups in total. The van der Waals surface area contributed by atoms with Gasteiger partial charge in [0.15, 0.2) is 12.0 Å². The molecule has 0 spiro atoms. The van der Waals surface area contributed by atoms with Crippen LogP contribution in [0.5, 0.6) is 0 Å². The quantitative estimate of drug-likeness (QED) is 0.194. The zero-order valence-electron chi connectivity index (χ0n) is 26.7. The van der Waals surface area contributed by atoms with Gasteiger partial charge in [0.2, 0.25) is 0 Å². The van der Waals surface area contributed by atoms with Gasteiger partial charge in [-0.05, 0) is 52.7 Å². The van der Waals surface area contributed by atoms with Crippen LogP contribution in [0.4, 0.5) is 0 Å². The monoisotopic (exact) mass is 631 g/mol. The molecule has 0 radical (unpaired) electrons. The third-order valence-electron chi connectivity index (χ3n) is 9.72. The lowest BCUT2D eigenvalue weighted by Gasteiger charge is -2.32. The maximum absolute atomic E-state index is 6.68. The van der Waals surface area contributed by atoms with Crippen LogP contribution in [0.3, 0.4) is 0 Å². The van der Waals surface area contributed by atoms with E-state index in [0.29, 0.717) is 5.84 Å². The predicted molar refractivity (Wildman–Crippen MR) is 200 cm³/mol. The molecule has 1 aliphatic rings. The molecule has 0 saturated heterocycles. The molecule has 9 aromatic rings. The van der Waals surface area contributed by atoms with Gasteiger partial charge in [0.1, 0.15) is 28.2 Å². The molecule has 7 aromatic carbocycles. The number of hydrogen-bond donors (Lipinski definition) is 0. The zero-order valence-corrected chi connectivity index (χ0v) is 26.7. The number of amidine groups is 2. The topological polar surface area (TPSA) is 54.2 Å². The lowest BCUT2D eigenvalue weighted by molar-refractivity contribution is 0.383. The molecule has 10 rings (SSSR count). The smallest absolute Gasteiger partial charge is 0.160 e. The summed E-state index contributed by atoms with van der Waals surface area (Å²) in [5, 5.41) is 6.64. The molecule has 1 aliphatic heterocycles. The number of benzene rings is 7. The highest BCUT2D eigenvalue weighted by atomic mass is 16.3. The second kappa shape index (κ2) is 10.8. The van der Waals surface area contributed by atoms with E-state index in [1.165, 1.54) is 10.8 Å². The first-order chi connectivity index (χ1) is 24.2. The Morgan fingerprint density at radius 3 is 2.08 bits per heavy atom. The van der Waals surface area contributed by atoms with Gasteiger partial charge in [-0.3, -0.25) is 0 Å². The average molecular weight is 632 g/mol. The van der Waals surface area contributed by atoms with Crippen LogP contribution in [0, 0.1) is 0 Å². The third-order valence-corrected chi connectivity index (χ3v) is 9.72. The van der Waals surface area contributed by atoms with Crippen LogP contribution in [0.1, 0.15) is 22.9 Å². The molecule has 1 unspecified atom stereocenters. The molecule has 0 aliphatic carbocycles. The zero-order chi connectivity index (χ0) is 32.5. The maximum atomic E-state index is 6.68. The number of hydrogen-bond acceptors (Lipinski definition) is 5. The number of rotatable bonds is 4. The molecule has 0 saturated carbocycles. The summed E-state index contributed by atoms with van der Waals surface area (Å²) >= 11 is 0. The molecule has 2 aromatic heterocycles. The molecule has 3 heterocycles. The van der Waals surface area contributed by atoms with E-state index in [1.807, 2.05) is 48.5 Å². The fourth-order valence-electron chi connectivity index (χ4n) is 7.31. The molecular formula is C44H29N3O2. The van der Waals surface area contributed by atoms with Crippen molar-refractivity contribution in [2.75, 3.05) is 7.05 Å². The van der Waals surface area contributed by atoms with Crippen molar-refractivity contribution in [3.8, 4) is 11.1 Å². The van der Waals surface area contributed by atoms with Gasteiger partial charge in [-0.2, -0.15) is 0 Å². The van der Waals surface area contributed by atoms with Gasteiger partial charge < -0.3 is 13.7 Å². The fourth-order valence-corrected chi connectivity index (χ4v) is 7.31. The molecular weight excluding hydrogens is 603 g/mol. The number of furan rings is 2. The minimum atomic E-state index is -0.339. The Bertz CT molecular complexity index is 2810. The van der Waals surface area contributed by atoms with Gasteiger partial charge in [-0.15, -0.1) is 0 Å². The Morgan fingerprint density at radius 2 is 1.22 bits per heavy atom. The minimum Gasteiger partial charge on any atom is -0.456 e. The van der Waals surface area contributed by atoms with Crippen molar-refractivity contribution < 1.29 is 8.83 Å². The summed E-state index contributed by atoms with van der Waals surface area (Å²) in [5.74, 6) is 1.51. The number of para-hydroxylation sites is 2. The van der Waals surface area contributed by atoms with Crippen LogP contribution in [-0.2, 0) is 0 Å². The highest BCUT2D eigenvalue weighted by Gasteiger charge is 2.29. The summed E-state index contributed by atoms with van der Waals surface area (Å²) in [4.78, 5) is 12.8. The SMILES string of the molecule is CN1C(c2ccccc2)=NC(c2ccc(-c3ccc4ccccc4c3)c3oc4ccccc4c23)=NC1c1ccc2c(c1)oc1ccccc12. The highest BCUT2D eigenvalue weighted by molar-refractivity contribution is 6.23. The lowest BCUT2D eigenvalue weighted by Crippen LogP contribution is -2.35. The van der Waals surface area contributed by atoms with Gasteiger partial charge in [-0.25, -0.2) is 9.98 Å². The van der Waals surface area contributed by atoms with E-state index >= 15 is 0 Å². The molecule has 0 amide bonds. The van der Waals surface area contributed by atoms with Crippen molar-refractivity contribution in [1.82, 2.24) is 4.90 Å². The van der Waals surface area contributed by atoms with Gasteiger partial charge in [0.25, 0.3) is 0 Å². The predicted octanol–water partition coefficient (Wildman–Crippen LogP) is 11.1. The summed E-state index contributed by atoms with van der Waals surface area (Å²) in [7, 11) is 2.06. The maximum Gasteiger partial charge on any atom is 0.160 e. The fraction of sp³-hybridized carbons (Fsp3) is 0.0455. The van der Waals surface area contributed by atoms with E-state index in [0.717, 1.165) is 77.5 Å². The van der Waals surface area contributed by atoms with E-state index in [9.17, 15) is 0 Å². The van der Waals surface area contributed by atoms with Gasteiger partial charge in [0.05, 0.1) is 0 Å². The highest BCUT2D eigenvalue weighted by Crippen LogP contribution is 2.41. The van der Waals surface area contributed by atoms with Crippen LogP contribution in [-0.4, -0.2) is 23.6 Å². The molecule has 49 heavy (non-hydrogen) atoms. The third kappa shape index (κ3) is 4.40. The van der Waals surface area contributed by atoms with Crippen molar-refractivity contribution in [2.45, 2.75) is 6.17 Å². The second-order valence-corrected chi connectivity index (χ2v) is 12.6. The number of fused-ring (bicyclic) bond motifs is 7. The van der Waals surface area contributed by atoms with Gasteiger partial charge in [-0.1, -0.05) is 115 Å². The Hall–Kier alpha value is -6.46. The first-order valence-electron chi connectivity index (χ1n) is 16.5. The van der Waals surface area contributed by atoms with E-state index in [2.05, 4.69) is 115 Å². The van der Waals surface area contributed by atoms with Gasteiger partial charge in [0, 0.05) is 50.8 Å². The van der Waals surface area contributed by atoms with Crippen molar-refractivity contribution in [3.63, 3.8) is 0 Å². The summed E-state index contributed by atoms with van der Waals surface area (Å²) in [5.41, 5.74) is 8.49. The van der Waals surface area contributed by atoms with Crippen LogP contribution in [0.25, 0.3) is 65.8 Å². The normalized spacial score (nSPS) is 15.0. The lowest BCUT2D eigenvalue weighted by atomic mass is 9.96. The van der Waals surface area contributed by atoms with Crippen molar-refractivity contribution in [2.24, 2.45) is 9.98 Å². The number of aliphatic imine (C=N–C) groups is 2. The molecule has 232 valence electrons. The summed E-state index contributed by atoms with van der Waals surface area (Å²) in [6.07, 6.45) is -0.339.